The lowest BCUT2D eigenvalue weighted by Crippen LogP contribution is -1.97. The molecule has 3 rings (SSSR count). The van der Waals surface area contributed by atoms with E-state index in [2.05, 4.69) is 10.3 Å². The van der Waals surface area contributed by atoms with E-state index >= 15 is 0 Å². The first-order chi connectivity index (χ1) is 10.3. The van der Waals surface area contributed by atoms with Crippen molar-refractivity contribution in [3.63, 3.8) is 0 Å². The van der Waals surface area contributed by atoms with Crippen LogP contribution in [0.1, 0.15) is 0 Å². The minimum atomic E-state index is 0.474. The molecule has 2 aromatic carbocycles. The third-order valence-electron chi connectivity index (χ3n) is 2.95. The van der Waals surface area contributed by atoms with Crippen LogP contribution in [0.25, 0.3) is 0 Å². The van der Waals surface area contributed by atoms with Crippen LogP contribution in [0.15, 0.2) is 72.9 Å². The normalized spacial score (nSPS) is 10.1. The van der Waals surface area contributed by atoms with Gasteiger partial charge in [-0.3, -0.25) is 0 Å². The number of nitrogens with zero attached hydrogens (tertiary/aromatic N) is 1. The highest BCUT2D eigenvalue weighted by atomic mass is 16.5. The summed E-state index contributed by atoms with van der Waals surface area (Å²) in [6, 6.07) is 21.1. The van der Waals surface area contributed by atoms with Gasteiger partial charge in [0.15, 0.2) is 0 Å². The smallest absolute Gasteiger partial charge is 0.147 e. The molecule has 0 spiro atoms. The monoisotopic (exact) mass is 277 g/mol. The Kier molecular flexibility index (Phi) is 3.69. The van der Waals surface area contributed by atoms with Crippen molar-refractivity contribution < 1.29 is 4.74 Å². The van der Waals surface area contributed by atoms with Gasteiger partial charge in [0.2, 0.25) is 0 Å². The molecule has 1 aromatic heterocycles. The van der Waals surface area contributed by atoms with E-state index in [9.17, 15) is 0 Å². The van der Waals surface area contributed by atoms with Crippen molar-refractivity contribution in [2.75, 3.05) is 11.1 Å². The van der Waals surface area contributed by atoms with Gasteiger partial charge in [0.25, 0.3) is 0 Å². The Morgan fingerprint density at radius 1 is 0.810 bits per heavy atom. The molecule has 1 heterocycles. The Labute approximate surface area is 123 Å². The number of hydrogen-bond acceptors (Lipinski definition) is 4. The molecule has 21 heavy (non-hydrogen) atoms. The van der Waals surface area contributed by atoms with Gasteiger partial charge in [-0.1, -0.05) is 18.2 Å². The summed E-state index contributed by atoms with van der Waals surface area (Å²) in [5, 5.41) is 3.22. The Balaban J connectivity index is 1.71. The second-order valence-electron chi connectivity index (χ2n) is 4.50. The molecular formula is C17H15N3O. The average Bonchev–Trinajstić information content (AvgIpc) is 2.52. The van der Waals surface area contributed by atoms with Crippen LogP contribution in [0.2, 0.25) is 0 Å². The van der Waals surface area contributed by atoms with Crippen molar-refractivity contribution >= 4 is 17.2 Å². The number of nitrogens with one attached hydrogen (secondary N) is 1. The predicted octanol–water partition coefficient (Wildman–Crippen LogP) is 4.20. The third-order valence-corrected chi connectivity index (χ3v) is 2.95. The van der Waals surface area contributed by atoms with Gasteiger partial charge in [-0.2, -0.15) is 0 Å². The lowest BCUT2D eigenvalue weighted by atomic mass is 10.2. The standard InChI is InChI=1S/C17H15N3O/c18-17-16(7-4-12-19-17)20-13-8-10-15(11-9-13)21-14-5-2-1-3-6-14/h1-12,20H,(H2,18,19). The molecule has 0 aliphatic rings. The number of nitrogens with two attached hydrogens (primary N) is 1. The van der Waals surface area contributed by atoms with Gasteiger partial charge in [-0.15, -0.1) is 0 Å². The number of para-hydroxylation sites is 1. The molecule has 0 amide bonds. The topological polar surface area (TPSA) is 60.2 Å². The van der Waals surface area contributed by atoms with Crippen LogP contribution in [-0.2, 0) is 0 Å². The van der Waals surface area contributed by atoms with Gasteiger partial charge in [0.1, 0.15) is 17.3 Å². The zero-order valence-corrected chi connectivity index (χ0v) is 11.4. The van der Waals surface area contributed by atoms with E-state index in [4.69, 9.17) is 10.5 Å². The highest BCUT2D eigenvalue weighted by molar-refractivity contribution is 5.69. The lowest BCUT2D eigenvalue weighted by Gasteiger charge is -2.09. The van der Waals surface area contributed by atoms with Gasteiger partial charge in [-0.25, -0.2) is 4.98 Å². The van der Waals surface area contributed by atoms with Crippen molar-refractivity contribution in [3.8, 4) is 11.5 Å². The van der Waals surface area contributed by atoms with Crippen LogP contribution in [0.5, 0.6) is 11.5 Å². The van der Waals surface area contributed by atoms with Crippen molar-refractivity contribution in [1.82, 2.24) is 4.98 Å². The minimum absolute atomic E-state index is 0.474. The quantitative estimate of drug-likeness (QED) is 0.750. The number of aromatic nitrogens is 1. The number of nitrogen functional groups attached to an aromatic ring is 1. The zero-order chi connectivity index (χ0) is 14.5. The number of hydrogen-bond donors (Lipinski definition) is 2. The number of benzene rings is 2. The summed E-state index contributed by atoms with van der Waals surface area (Å²) < 4.78 is 5.74. The molecule has 4 heteroatoms. The Bertz CT molecular complexity index is 712. The third kappa shape index (κ3) is 3.30. The maximum atomic E-state index is 5.80. The summed E-state index contributed by atoms with van der Waals surface area (Å²) >= 11 is 0. The first kappa shape index (κ1) is 13.0. The van der Waals surface area contributed by atoms with Gasteiger partial charge in [0.05, 0.1) is 5.69 Å². The number of pyridine rings is 1. The molecule has 0 fully saturated rings. The molecule has 0 aliphatic carbocycles. The van der Waals surface area contributed by atoms with Crippen LogP contribution >= 0.6 is 0 Å². The van der Waals surface area contributed by atoms with E-state index < -0.39 is 0 Å². The maximum Gasteiger partial charge on any atom is 0.147 e. The molecule has 0 aliphatic heterocycles. The summed E-state index contributed by atoms with van der Waals surface area (Å²) in [6.07, 6.45) is 1.66. The Morgan fingerprint density at radius 2 is 1.52 bits per heavy atom. The number of ether oxygens (including phenoxy) is 1. The number of anilines is 3. The van der Waals surface area contributed by atoms with Crippen LogP contribution in [-0.4, -0.2) is 4.98 Å². The van der Waals surface area contributed by atoms with Crippen LogP contribution in [0, 0.1) is 0 Å². The fourth-order valence-electron chi connectivity index (χ4n) is 1.91. The second-order valence-corrected chi connectivity index (χ2v) is 4.50. The molecule has 0 unspecified atom stereocenters. The number of rotatable bonds is 4. The highest BCUT2D eigenvalue weighted by Crippen LogP contribution is 2.25. The largest absolute Gasteiger partial charge is 0.457 e. The van der Waals surface area contributed by atoms with E-state index in [0.717, 1.165) is 22.9 Å². The van der Waals surface area contributed by atoms with Gasteiger partial charge >= 0.3 is 0 Å². The van der Waals surface area contributed by atoms with Gasteiger partial charge < -0.3 is 15.8 Å². The Morgan fingerprint density at radius 3 is 2.24 bits per heavy atom. The summed E-state index contributed by atoms with van der Waals surface area (Å²) in [7, 11) is 0. The summed E-state index contributed by atoms with van der Waals surface area (Å²) in [5.41, 5.74) is 7.51. The van der Waals surface area contributed by atoms with E-state index in [-0.39, 0.29) is 0 Å². The van der Waals surface area contributed by atoms with Gasteiger partial charge in [0, 0.05) is 11.9 Å². The van der Waals surface area contributed by atoms with Crippen LogP contribution < -0.4 is 15.8 Å². The lowest BCUT2D eigenvalue weighted by molar-refractivity contribution is 0.483. The average molecular weight is 277 g/mol. The minimum Gasteiger partial charge on any atom is -0.457 e. The fourth-order valence-corrected chi connectivity index (χ4v) is 1.91. The molecule has 0 radical (unpaired) electrons. The molecule has 0 saturated carbocycles. The SMILES string of the molecule is Nc1ncccc1Nc1ccc(Oc2ccccc2)cc1. The second kappa shape index (κ2) is 5.96. The maximum absolute atomic E-state index is 5.80. The first-order valence-electron chi connectivity index (χ1n) is 6.62. The molecular weight excluding hydrogens is 262 g/mol. The zero-order valence-electron chi connectivity index (χ0n) is 11.4. The molecule has 0 saturated heterocycles. The van der Waals surface area contributed by atoms with E-state index in [1.165, 1.54) is 0 Å². The molecule has 0 bridgehead atoms. The van der Waals surface area contributed by atoms with Crippen molar-refractivity contribution in [2.24, 2.45) is 0 Å². The van der Waals surface area contributed by atoms with Crippen molar-refractivity contribution in [3.05, 3.63) is 72.9 Å². The van der Waals surface area contributed by atoms with Gasteiger partial charge in [-0.05, 0) is 48.5 Å². The van der Waals surface area contributed by atoms with E-state index in [1.54, 1.807) is 6.20 Å². The fraction of sp³-hybridized carbons (Fsp3) is 0. The molecule has 0 atom stereocenters. The van der Waals surface area contributed by atoms with Crippen LogP contribution in [0.3, 0.4) is 0 Å². The molecule has 104 valence electrons. The van der Waals surface area contributed by atoms with E-state index in [0.29, 0.717) is 5.82 Å². The highest BCUT2D eigenvalue weighted by Gasteiger charge is 2.01. The molecule has 4 nitrogen and oxygen atoms in total. The summed E-state index contributed by atoms with van der Waals surface area (Å²) in [4.78, 5) is 4.04. The first-order valence-corrected chi connectivity index (χ1v) is 6.62. The molecule has 3 aromatic rings. The van der Waals surface area contributed by atoms with Crippen molar-refractivity contribution in [2.45, 2.75) is 0 Å². The van der Waals surface area contributed by atoms with Crippen LogP contribution in [0.4, 0.5) is 17.2 Å². The van der Waals surface area contributed by atoms with E-state index in [1.807, 2.05) is 66.7 Å². The predicted molar refractivity (Wildman–Crippen MR) is 84.9 cm³/mol. The summed E-state index contributed by atoms with van der Waals surface area (Å²) in [6.45, 7) is 0. The molecule has 3 N–H and O–H groups in total. The summed E-state index contributed by atoms with van der Waals surface area (Å²) in [5.74, 6) is 2.07. The van der Waals surface area contributed by atoms with Crippen molar-refractivity contribution in [1.29, 1.82) is 0 Å². The Hall–Kier alpha value is -3.01.